The number of nitrogens with one attached hydrogen (secondary N) is 1. The van der Waals surface area contributed by atoms with Gasteiger partial charge >= 0.3 is 5.97 Å². The Labute approximate surface area is 193 Å². The van der Waals surface area contributed by atoms with E-state index in [4.69, 9.17) is 15.2 Å². The standard InChI is InChI=1S/C23H19N5O4S/c1-31-17-10-5-4-9-16(17)25-23-27-19(26-22(24)28-23)13-32-21(30)15-8-3-2-7-14(15)20(29)18-11-6-12-33-18/h2-12H,13H2,1H3,(H3,24,25,26,27,28). The molecule has 0 saturated carbocycles. The molecule has 0 saturated heterocycles. The number of carbonyl (C=O) groups is 2. The van der Waals surface area contributed by atoms with E-state index in [1.54, 1.807) is 61.0 Å². The summed E-state index contributed by atoms with van der Waals surface area (Å²) in [6.45, 7) is -0.256. The third-order valence-corrected chi connectivity index (χ3v) is 5.39. The third kappa shape index (κ3) is 5.13. The van der Waals surface area contributed by atoms with Gasteiger partial charge < -0.3 is 20.5 Å². The molecule has 166 valence electrons. The summed E-state index contributed by atoms with van der Waals surface area (Å²) in [7, 11) is 1.55. The zero-order valence-corrected chi connectivity index (χ0v) is 18.3. The van der Waals surface area contributed by atoms with Crippen molar-refractivity contribution in [3.63, 3.8) is 0 Å². The second-order valence-electron chi connectivity index (χ2n) is 6.69. The van der Waals surface area contributed by atoms with Crippen LogP contribution in [0, 0.1) is 0 Å². The highest BCUT2D eigenvalue weighted by Crippen LogP contribution is 2.26. The Hall–Kier alpha value is -4.31. The number of nitrogens with zero attached hydrogens (tertiary/aromatic N) is 3. The van der Waals surface area contributed by atoms with Gasteiger partial charge in [-0.3, -0.25) is 4.79 Å². The van der Waals surface area contributed by atoms with Crippen LogP contribution in [0.3, 0.4) is 0 Å². The second kappa shape index (κ2) is 9.88. The van der Waals surface area contributed by atoms with Crippen molar-refractivity contribution in [3.8, 4) is 5.75 Å². The van der Waals surface area contributed by atoms with Crippen LogP contribution < -0.4 is 15.8 Å². The van der Waals surface area contributed by atoms with E-state index in [1.807, 2.05) is 12.1 Å². The van der Waals surface area contributed by atoms with Crippen molar-refractivity contribution in [2.24, 2.45) is 0 Å². The first-order chi connectivity index (χ1) is 16.0. The second-order valence-corrected chi connectivity index (χ2v) is 7.63. The smallest absolute Gasteiger partial charge is 0.339 e. The number of methoxy groups -OCH3 is 1. The van der Waals surface area contributed by atoms with Crippen molar-refractivity contribution < 1.29 is 19.1 Å². The number of anilines is 3. The Morgan fingerprint density at radius 3 is 2.48 bits per heavy atom. The van der Waals surface area contributed by atoms with Gasteiger partial charge in [0.25, 0.3) is 0 Å². The van der Waals surface area contributed by atoms with Crippen LogP contribution in [0.25, 0.3) is 0 Å². The highest BCUT2D eigenvalue weighted by atomic mass is 32.1. The maximum Gasteiger partial charge on any atom is 0.339 e. The summed E-state index contributed by atoms with van der Waals surface area (Å²) >= 11 is 1.30. The summed E-state index contributed by atoms with van der Waals surface area (Å²) < 4.78 is 10.7. The van der Waals surface area contributed by atoms with Crippen LogP contribution in [0.1, 0.15) is 31.4 Å². The molecule has 4 aromatic rings. The van der Waals surface area contributed by atoms with Crippen molar-refractivity contribution in [1.29, 1.82) is 0 Å². The van der Waals surface area contributed by atoms with Crippen LogP contribution >= 0.6 is 11.3 Å². The van der Waals surface area contributed by atoms with Gasteiger partial charge in [0.2, 0.25) is 17.7 Å². The lowest BCUT2D eigenvalue weighted by Crippen LogP contribution is -2.14. The Morgan fingerprint density at radius 2 is 1.73 bits per heavy atom. The summed E-state index contributed by atoms with van der Waals surface area (Å²) in [6, 6.07) is 17.2. The van der Waals surface area contributed by atoms with Crippen LogP contribution in [0.4, 0.5) is 17.6 Å². The summed E-state index contributed by atoms with van der Waals surface area (Å²) in [5.74, 6) is -0.0428. The molecule has 4 rings (SSSR count). The number of hydrogen-bond donors (Lipinski definition) is 2. The molecule has 0 amide bonds. The molecule has 0 radical (unpaired) electrons. The van der Waals surface area contributed by atoms with Crippen LogP contribution in [0.2, 0.25) is 0 Å². The molecule has 0 atom stereocenters. The number of nitrogen functional groups attached to an aromatic ring is 1. The molecule has 0 bridgehead atoms. The summed E-state index contributed by atoms with van der Waals surface area (Å²) in [6.07, 6.45) is 0. The minimum absolute atomic E-state index is 0.0401. The van der Waals surface area contributed by atoms with Crippen LogP contribution in [0.5, 0.6) is 5.75 Å². The van der Waals surface area contributed by atoms with E-state index in [-0.39, 0.29) is 41.2 Å². The van der Waals surface area contributed by atoms with Crippen LogP contribution in [0.15, 0.2) is 66.0 Å². The Bertz CT molecular complexity index is 1290. The van der Waals surface area contributed by atoms with Crippen molar-refractivity contribution in [2.75, 3.05) is 18.2 Å². The number of para-hydroxylation sites is 2. The number of esters is 1. The average Bonchev–Trinajstić information content (AvgIpc) is 3.37. The van der Waals surface area contributed by atoms with Crippen molar-refractivity contribution in [2.45, 2.75) is 6.61 Å². The molecule has 0 fully saturated rings. The highest BCUT2D eigenvalue weighted by molar-refractivity contribution is 7.12. The molecule has 33 heavy (non-hydrogen) atoms. The van der Waals surface area contributed by atoms with Crippen LogP contribution in [-0.4, -0.2) is 33.8 Å². The average molecular weight is 462 g/mol. The monoisotopic (exact) mass is 461 g/mol. The predicted octanol–water partition coefficient (Wildman–Crippen LogP) is 3.86. The number of hydrogen-bond acceptors (Lipinski definition) is 10. The molecule has 2 heterocycles. The molecule has 2 aromatic carbocycles. The number of benzene rings is 2. The fourth-order valence-corrected chi connectivity index (χ4v) is 3.71. The first-order valence-corrected chi connectivity index (χ1v) is 10.7. The molecule has 0 aliphatic heterocycles. The quantitative estimate of drug-likeness (QED) is 0.297. The number of carbonyl (C=O) groups excluding carboxylic acids is 2. The maximum absolute atomic E-state index is 12.8. The maximum atomic E-state index is 12.8. The highest BCUT2D eigenvalue weighted by Gasteiger charge is 2.20. The van der Waals surface area contributed by atoms with Gasteiger partial charge in [-0.25, -0.2) is 4.79 Å². The third-order valence-electron chi connectivity index (χ3n) is 4.52. The zero-order valence-electron chi connectivity index (χ0n) is 17.5. The van der Waals surface area contributed by atoms with E-state index >= 15 is 0 Å². The minimum Gasteiger partial charge on any atom is -0.495 e. The molecular formula is C23H19N5O4S. The topological polar surface area (TPSA) is 129 Å². The Morgan fingerprint density at radius 1 is 0.970 bits per heavy atom. The summed E-state index contributed by atoms with van der Waals surface area (Å²) in [4.78, 5) is 38.4. The van der Waals surface area contributed by atoms with E-state index in [9.17, 15) is 9.59 Å². The van der Waals surface area contributed by atoms with Gasteiger partial charge in [0.1, 0.15) is 5.75 Å². The van der Waals surface area contributed by atoms with E-state index < -0.39 is 5.97 Å². The first kappa shape index (κ1) is 21.9. The lowest BCUT2D eigenvalue weighted by molar-refractivity contribution is 0.0459. The summed E-state index contributed by atoms with van der Waals surface area (Å²) in [5.41, 5.74) is 6.86. The van der Waals surface area contributed by atoms with E-state index in [1.165, 1.54) is 11.3 Å². The molecule has 0 aliphatic rings. The largest absolute Gasteiger partial charge is 0.495 e. The number of aromatic nitrogens is 3. The number of ketones is 1. The van der Waals surface area contributed by atoms with Gasteiger partial charge in [-0.15, -0.1) is 11.3 Å². The normalized spacial score (nSPS) is 10.5. The minimum atomic E-state index is -0.672. The molecule has 0 aliphatic carbocycles. The molecule has 3 N–H and O–H groups in total. The number of rotatable bonds is 8. The molecule has 2 aromatic heterocycles. The lowest BCUT2D eigenvalue weighted by Gasteiger charge is -2.11. The van der Waals surface area contributed by atoms with Gasteiger partial charge in [-0.2, -0.15) is 15.0 Å². The Balaban J connectivity index is 1.50. The Kier molecular flexibility index (Phi) is 6.56. The van der Waals surface area contributed by atoms with E-state index in [0.29, 0.717) is 16.3 Å². The predicted molar refractivity (Wildman–Crippen MR) is 124 cm³/mol. The fourth-order valence-electron chi connectivity index (χ4n) is 3.03. The van der Waals surface area contributed by atoms with Gasteiger partial charge in [-0.1, -0.05) is 36.4 Å². The van der Waals surface area contributed by atoms with Crippen LogP contribution in [-0.2, 0) is 11.3 Å². The molecule has 9 nitrogen and oxygen atoms in total. The fraction of sp³-hybridized carbons (Fsp3) is 0.0870. The molecule has 0 unspecified atom stereocenters. The SMILES string of the molecule is COc1ccccc1Nc1nc(N)nc(COC(=O)c2ccccc2C(=O)c2cccs2)n1. The van der Waals surface area contributed by atoms with Gasteiger partial charge in [0, 0.05) is 5.56 Å². The summed E-state index contributed by atoms with van der Waals surface area (Å²) in [5, 5.41) is 4.81. The lowest BCUT2D eigenvalue weighted by atomic mass is 10.0. The van der Waals surface area contributed by atoms with Gasteiger partial charge in [-0.05, 0) is 29.6 Å². The number of thiophene rings is 1. The van der Waals surface area contributed by atoms with Gasteiger partial charge in [0.05, 0.1) is 23.2 Å². The van der Waals surface area contributed by atoms with Gasteiger partial charge in [0.15, 0.2) is 12.4 Å². The number of ether oxygens (including phenoxy) is 2. The van der Waals surface area contributed by atoms with E-state index in [0.717, 1.165) is 0 Å². The molecule has 10 heteroatoms. The molecular weight excluding hydrogens is 442 g/mol. The first-order valence-electron chi connectivity index (χ1n) is 9.80. The number of nitrogens with two attached hydrogens (primary N) is 1. The molecule has 0 spiro atoms. The zero-order chi connectivity index (χ0) is 23.2. The van der Waals surface area contributed by atoms with Crippen molar-refractivity contribution in [1.82, 2.24) is 15.0 Å². The van der Waals surface area contributed by atoms with Crippen molar-refractivity contribution in [3.05, 3.63) is 87.9 Å². The van der Waals surface area contributed by atoms with E-state index in [2.05, 4.69) is 20.3 Å². The van der Waals surface area contributed by atoms with Crippen molar-refractivity contribution >= 4 is 40.7 Å².